The number of benzene rings is 2. The third-order valence-electron chi connectivity index (χ3n) is 4.64. The number of hydrogen-bond acceptors (Lipinski definition) is 6. The number of anilines is 1. The second-order valence-corrected chi connectivity index (χ2v) is 8.42. The summed E-state index contributed by atoms with van der Waals surface area (Å²) >= 11 is 6.70. The number of nitrogens with one attached hydrogen (secondary N) is 1. The largest absolute Gasteiger partial charge is 0.494 e. The molecular weight excluding hydrogens is 444 g/mol. The lowest BCUT2D eigenvalue weighted by Crippen LogP contribution is -2.54. The first-order chi connectivity index (χ1) is 15.4. The van der Waals surface area contributed by atoms with Crippen LogP contribution in [-0.4, -0.2) is 23.5 Å². The molecule has 0 spiro atoms. The lowest BCUT2D eigenvalue weighted by molar-refractivity contribution is -0.122. The molecule has 162 valence electrons. The van der Waals surface area contributed by atoms with Gasteiger partial charge in [0, 0.05) is 4.90 Å². The zero-order valence-corrected chi connectivity index (χ0v) is 19.1. The highest BCUT2D eigenvalue weighted by Crippen LogP contribution is 2.31. The molecule has 0 saturated carbocycles. The van der Waals surface area contributed by atoms with E-state index in [-0.39, 0.29) is 10.7 Å². The summed E-state index contributed by atoms with van der Waals surface area (Å²) in [5.74, 6) is -0.00318. The average molecular weight is 465 g/mol. The third kappa shape index (κ3) is 4.76. The minimum atomic E-state index is -0.564. The fourth-order valence-corrected chi connectivity index (χ4v) is 4.14. The molecule has 32 heavy (non-hydrogen) atoms. The van der Waals surface area contributed by atoms with E-state index in [1.807, 2.05) is 38.1 Å². The van der Waals surface area contributed by atoms with E-state index in [0.717, 1.165) is 4.90 Å². The van der Waals surface area contributed by atoms with Crippen molar-refractivity contribution in [1.29, 1.82) is 0 Å². The number of furan rings is 1. The maximum atomic E-state index is 13.1. The molecular formula is C24H20N2O4S2. The van der Waals surface area contributed by atoms with Crippen LogP contribution in [0.2, 0.25) is 0 Å². The van der Waals surface area contributed by atoms with Crippen molar-refractivity contribution in [3.63, 3.8) is 0 Å². The van der Waals surface area contributed by atoms with Crippen molar-refractivity contribution in [2.75, 3.05) is 11.5 Å². The van der Waals surface area contributed by atoms with Gasteiger partial charge in [-0.15, -0.1) is 0 Å². The molecule has 4 rings (SSSR count). The van der Waals surface area contributed by atoms with Crippen molar-refractivity contribution in [1.82, 2.24) is 5.32 Å². The normalized spacial score (nSPS) is 15.2. The number of hydrogen-bond donors (Lipinski definition) is 1. The maximum absolute atomic E-state index is 13.1. The zero-order chi connectivity index (χ0) is 22.7. The van der Waals surface area contributed by atoms with Crippen LogP contribution in [-0.2, 0) is 9.59 Å². The summed E-state index contributed by atoms with van der Waals surface area (Å²) in [5.41, 5.74) is 1.65. The molecule has 2 heterocycles. The van der Waals surface area contributed by atoms with Crippen molar-refractivity contribution in [3.8, 4) is 5.75 Å². The van der Waals surface area contributed by atoms with E-state index < -0.39 is 11.8 Å². The summed E-state index contributed by atoms with van der Waals surface area (Å²) in [5, 5.41) is 3.25. The molecule has 6 nitrogen and oxygen atoms in total. The highest BCUT2D eigenvalue weighted by atomic mass is 32.2. The molecule has 0 aliphatic carbocycles. The number of carbonyl (C=O) groups excluding carboxylic acids is 2. The van der Waals surface area contributed by atoms with Gasteiger partial charge in [-0.05, 0) is 80.7 Å². The molecule has 0 unspecified atom stereocenters. The van der Waals surface area contributed by atoms with Gasteiger partial charge in [-0.25, -0.2) is 0 Å². The lowest BCUT2D eigenvalue weighted by Gasteiger charge is -2.28. The molecule has 1 aromatic heterocycles. The van der Waals surface area contributed by atoms with Gasteiger partial charge >= 0.3 is 0 Å². The van der Waals surface area contributed by atoms with Crippen LogP contribution in [0.15, 0.2) is 80.6 Å². The molecule has 1 aliphatic heterocycles. The van der Waals surface area contributed by atoms with Crippen molar-refractivity contribution in [2.24, 2.45) is 0 Å². The Morgan fingerprint density at radius 2 is 1.78 bits per heavy atom. The Hall–Kier alpha value is -3.36. The average Bonchev–Trinajstić information content (AvgIpc) is 3.21. The molecule has 3 aromatic rings. The van der Waals surface area contributed by atoms with Crippen LogP contribution in [0.4, 0.5) is 5.69 Å². The predicted octanol–water partition coefficient (Wildman–Crippen LogP) is 4.97. The summed E-state index contributed by atoms with van der Waals surface area (Å²) in [4.78, 5) is 27.9. The maximum Gasteiger partial charge on any atom is 0.270 e. The van der Waals surface area contributed by atoms with Crippen LogP contribution in [0.3, 0.4) is 0 Å². The highest BCUT2D eigenvalue weighted by Gasteiger charge is 2.34. The van der Waals surface area contributed by atoms with E-state index in [1.54, 1.807) is 36.4 Å². The number of ether oxygens (including phenoxy) is 1. The molecule has 1 fully saturated rings. The fraction of sp³-hybridized carbons (Fsp3) is 0.125. The number of thiocarbonyl (C=S) groups is 1. The minimum Gasteiger partial charge on any atom is -0.494 e. The Morgan fingerprint density at radius 3 is 2.47 bits per heavy atom. The Bertz CT molecular complexity index is 1200. The van der Waals surface area contributed by atoms with Crippen molar-refractivity contribution in [2.45, 2.75) is 23.8 Å². The van der Waals surface area contributed by atoms with Gasteiger partial charge in [0.05, 0.1) is 12.3 Å². The van der Waals surface area contributed by atoms with Crippen molar-refractivity contribution >= 4 is 52.7 Å². The molecule has 0 bridgehead atoms. The Balaban J connectivity index is 1.56. The molecule has 0 atom stereocenters. The minimum absolute atomic E-state index is 0.0244. The first-order valence-electron chi connectivity index (χ1n) is 9.93. The summed E-state index contributed by atoms with van der Waals surface area (Å²) in [6.07, 6.45) is 1.43. The summed E-state index contributed by atoms with van der Waals surface area (Å²) in [7, 11) is 0. The highest BCUT2D eigenvalue weighted by molar-refractivity contribution is 7.99. The molecule has 1 saturated heterocycles. The second kappa shape index (κ2) is 9.42. The van der Waals surface area contributed by atoms with Gasteiger partial charge in [-0.1, -0.05) is 29.5 Å². The van der Waals surface area contributed by atoms with Gasteiger partial charge in [0.25, 0.3) is 11.8 Å². The lowest BCUT2D eigenvalue weighted by atomic mass is 10.1. The zero-order valence-electron chi connectivity index (χ0n) is 17.5. The molecule has 0 radical (unpaired) electrons. The summed E-state index contributed by atoms with van der Waals surface area (Å²) < 4.78 is 11.3. The number of carbonyl (C=O) groups is 2. The quantitative estimate of drug-likeness (QED) is 0.316. The fourth-order valence-electron chi connectivity index (χ4n) is 3.08. The SMILES string of the molecule is CCOc1ccc(N2C(=O)/C(=C/c3ccc(Sc4ccc(C)cc4)o3)C(=O)NC2=S)cc1. The van der Waals surface area contributed by atoms with Crippen LogP contribution < -0.4 is 15.0 Å². The van der Waals surface area contributed by atoms with Gasteiger partial charge in [0.15, 0.2) is 10.2 Å². The number of rotatable bonds is 6. The van der Waals surface area contributed by atoms with Crippen LogP contribution in [0.5, 0.6) is 5.75 Å². The molecule has 1 N–H and O–H groups in total. The Kier molecular flexibility index (Phi) is 6.43. The smallest absolute Gasteiger partial charge is 0.270 e. The van der Waals surface area contributed by atoms with E-state index in [2.05, 4.69) is 5.32 Å². The Labute approximate surface area is 195 Å². The Morgan fingerprint density at radius 1 is 1.06 bits per heavy atom. The van der Waals surface area contributed by atoms with Crippen molar-refractivity contribution < 1.29 is 18.7 Å². The number of aryl methyl sites for hydroxylation is 1. The topological polar surface area (TPSA) is 71.8 Å². The second-order valence-electron chi connectivity index (χ2n) is 6.96. The monoisotopic (exact) mass is 464 g/mol. The number of amides is 2. The van der Waals surface area contributed by atoms with E-state index in [9.17, 15) is 9.59 Å². The number of nitrogens with zero attached hydrogens (tertiary/aromatic N) is 1. The van der Waals surface area contributed by atoms with Crippen LogP contribution in [0, 0.1) is 6.92 Å². The van der Waals surface area contributed by atoms with E-state index in [1.165, 1.54) is 28.3 Å². The van der Waals surface area contributed by atoms with Crippen LogP contribution >= 0.6 is 24.0 Å². The van der Waals surface area contributed by atoms with Gasteiger partial charge in [0.2, 0.25) is 0 Å². The van der Waals surface area contributed by atoms with E-state index in [0.29, 0.717) is 28.9 Å². The first kappa shape index (κ1) is 21.9. The van der Waals surface area contributed by atoms with Crippen LogP contribution in [0.25, 0.3) is 6.08 Å². The van der Waals surface area contributed by atoms with E-state index in [4.69, 9.17) is 21.4 Å². The van der Waals surface area contributed by atoms with Gasteiger partial charge in [-0.2, -0.15) is 0 Å². The van der Waals surface area contributed by atoms with Gasteiger partial charge in [-0.3, -0.25) is 19.8 Å². The molecule has 2 aromatic carbocycles. The molecule has 2 amide bonds. The standard InChI is InChI=1S/C24H20N2O4S2/c1-3-29-17-8-6-16(7-9-17)26-23(28)20(22(27)25-24(26)31)14-18-10-13-21(30-18)32-19-11-4-15(2)5-12-19/h4-14H,3H2,1-2H3,(H,25,27,31)/b20-14+. The predicted molar refractivity (Wildman–Crippen MR) is 128 cm³/mol. The third-order valence-corrected chi connectivity index (χ3v) is 5.85. The van der Waals surface area contributed by atoms with E-state index >= 15 is 0 Å². The molecule has 1 aliphatic rings. The van der Waals surface area contributed by atoms with Gasteiger partial charge in [0.1, 0.15) is 17.1 Å². The van der Waals surface area contributed by atoms with Crippen molar-refractivity contribution in [3.05, 3.63) is 77.6 Å². The van der Waals surface area contributed by atoms with Crippen LogP contribution in [0.1, 0.15) is 18.2 Å². The first-order valence-corrected chi connectivity index (χ1v) is 11.2. The summed E-state index contributed by atoms with van der Waals surface area (Å²) in [6, 6.07) is 18.5. The summed E-state index contributed by atoms with van der Waals surface area (Å²) in [6.45, 7) is 4.46. The van der Waals surface area contributed by atoms with Gasteiger partial charge < -0.3 is 9.15 Å². The molecule has 8 heteroatoms.